The Morgan fingerprint density at radius 1 is 1.19 bits per heavy atom. The highest BCUT2D eigenvalue weighted by Gasteiger charge is 2.51. The average Bonchev–Trinajstić information content (AvgIpc) is 3.16. The Balaban J connectivity index is 1.23. The van der Waals surface area contributed by atoms with Crippen LogP contribution in [0.3, 0.4) is 0 Å². The van der Waals surface area contributed by atoms with E-state index in [0.29, 0.717) is 17.2 Å². The van der Waals surface area contributed by atoms with Crippen LogP contribution in [0, 0.1) is 16.7 Å². The minimum Gasteiger partial charge on any atom is -0.353 e. The van der Waals surface area contributed by atoms with Gasteiger partial charge in [-0.3, -0.25) is 9.69 Å². The second-order valence-electron chi connectivity index (χ2n) is 10.1. The summed E-state index contributed by atoms with van der Waals surface area (Å²) in [7, 11) is -2.91. The Labute approximate surface area is 158 Å². The molecule has 0 bridgehead atoms. The van der Waals surface area contributed by atoms with Crippen LogP contribution in [-0.4, -0.2) is 56.4 Å². The second-order valence-corrected chi connectivity index (χ2v) is 12.2. The molecule has 2 unspecified atom stereocenters. The van der Waals surface area contributed by atoms with Crippen LogP contribution in [0.2, 0.25) is 0 Å². The molecule has 1 heterocycles. The molecular formula is C20H34N2O3S. The Kier molecular flexibility index (Phi) is 4.66. The molecule has 4 aliphatic rings. The van der Waals surface area contributed by atoms with Crippen molar-refractivity contribution in [3.05, 3.63) is 0 Å². The van der Waals surface area contributed by atoms with Crippen LogP contribution in [0.15, 0.2) is 0 Å². The molecule has 26 heavy (non-hydrogen) atoms. The summed E-state index contributed by atoms with van der Waals surface area (Å²) in [4.78, 5) is 15.0. The van der Waals surface area contributed by atoms with Crippen molar-refractivity contribution in [1.29, 1.82) is 0 Å². The van der Waals surface area contributed by atoms with Gasteiger partial charge >= 0.3 is 0 Å². The zero-order valence-electron chi connectivity index (χ0n) is 16.3. The highest BCUT2D eigenvalue weighted by molar-refractivity contribution is 7.90. The van der Waals surface area contributed by atoms with E-state index in [1.54, 1.807) is 0 Å². The average molecular weight is 383 g/mol. The molecule has 1 spiro atoms. The van der Waals surface area contributed by atoms with Gasteiger partial charge in [-0.25, -0.2) is 8.42 Å². The van der Waals surface area contributed by atoms with Crippen molar-refractivity contribution >= 4 is 15.7 Å². The fourth-order valence-electron chi connectivity index (χ4n) is 5.67. The fraction of sp³-hybridized carbons (Fsp3) is 0.950. The summed E-state index contributed by atoms with van der Waals surface area (Å²) in [6.45, 7) is 4.08. The molecule has 1 N–H and O–H groups in total. The first-order chi connectivity index (χ1) is 12.2. The minimum absolute atomic E-state index is 0.000942. The van der Waals surface area contributed by atoms with Crippen molar-refractivity contribution in [2.75, 3.05) is 25.1 Å². The molecule has 1 amide bonds. The SMILES string of the molecule is CC1CC(NC(=O)C2CC3(CCC3)C2)CCN1CC1(CS(C)(=O)=O)CC1. The first-order valence-electron chi connectivity index (χ1n) is 10.4. The predicted molar refractivity (Wildman–Crippen MR) is 103 cm³/mol. The van der Waals surface area contributed by atoms with Gasteiger partial charge in [0.15, 0.2) is 0 Å². The summed E-state index contributed by atoms with van der Waals surface area (Å²) >= 11 is 0. The van der Waals surface area contributed by atoms with E-state index < -0.39 is 9.84 Å². The van der Waals surface area contributed by atoms with Crippen LogP contribution >= 0.6 is 0 Å². The molecular weight excluding hydrogens is 348 g/mol. The highest BCUT2D eigenvalue weighted by Crippen LogP contribution is 2.58. The molecule has 0 aromatic carbocycles. The summed E-state index contributed by atoms with van der Waals surface area (Å²) in [5, 5.41) is 3.31. The summed E-state index contributed by atoms with van der Waals surface area (Å²) in [6, 6.07) is 0.696. The maximum absolute atomic E-state index is 12.5. The lowest BCUT2D eigenvalue weighted by molar-refractivity contribution is -0.138. The number of carbonyl (C=O) groups is 1. The number of hydrogen-bond donors (Lipinski definition) is 1. The lowest BCUT2D eigenvalue weighted by atomic mass is 9.51. The van der Waals surface area contributed by atoms with Crippen LogP contribution in [0.25, 0.3) is 0 Å². The molecule has 5 nitrogen and oxygen atoms in total. The van der Waals surface area contributed by atoms with Gasteiger partial charge in [0.05, 0.1) is 5.75 Å². The first-order valence-corrected chi connectivity index (χ1v) is 12.5. The maximum Gasteiger partial charge on any atom is 0.223 e. The topological polar surface area (TPSA) is 66.5 Å². The zero-order chi connectivity index (χ0) is 18.6. The number of piperidine rings is 1. The molecule has 1 saturated heterocycles. The number of sulfone groups is 1. The monoisotopic (exact) mass is 382 g/mol. The Hall–Kier alpha value is -0.620. The fourth-order valence-corrected chi connectivity index (χ4v) is 7.17. The third-order valence-electron chi connectivity index (χ3n) is 7.57. The van der Waals surface area contributed by atoms with Gasteiger partial charge < -0.3 is 5.32 Å². The van der Waals surface area contributed by atoms with Gasteiger partial charge in [0.25, 0.3) is 0 Å². The predicted octanol–water partition coefficient (Wildman–Crippen LogP) is 2.36. The van der Waals surface area contributed by atoms with E-state index in [4.69, 9.17) is 0 Å². The van der Waals surface area contributed by atoms with E-state index in [9.17, 15) is 13.2 Å². The lowest BCUT2D eigenvalue weighted by Crippen LogP contribution is -2.54. The Bertz CT molecular complexity index is 659. The van der Waals surface area contributed by atoms with Gasteiger partial charge in [-0.1, -0.05) is 6.42 Å². The molecule has 0 aromatic rings. The van der Waals surface area contributed by atoms with Crippen molar-refractivity contribution in [2.45, 2.75) is 76.8 Å². The van der Waals surface area contributed by atoms with Gasteiger partial charge in [-0.2, -0.15) is 0 Å². The van der Waals surface area contributed by atoms with Gasteiger partial charge in [0.1, 0.15) is 9.84 Å². The van der Waals surface area contributed by atoms with E-state index in [1.165, 1.54) is 25.5 Å². The molecule has 4 fully saturated rings. The molecule has 1 aliphatic heterocycles. The molecule has 3 aliphatic carbocycles. The number of rotatable bonds is 6. The van der Waals surface area contributed by atoms with Crippen LogP contribution in [0.1, 0.15) is 64.7 Å². The molecule has 3 saturated carbocycles. The number of carbonyl (C=O) groups excluding carboxylic acids is 1. The zero-order valence-corrected chi connectivity index (χ0v) is 17.1. The van der Waals surface area contributed by atoms with Crippen LogP contribution in [0.4, 0.5) is 0 Å². The van der Waals surface area contributed by atoms with Crippen molar-refractivity contribution < 1.29 is 13.2 Å². The Morgan fingerprint density at radius 3 is 2.38 bits per heavy atom. The number of amides is 1. The highest BCUT2D eigenvalue weighted by atomic mass is 32.2. The lowest BCUT2D eigenvalue weighted by Gasteiger charge is -2.53. The maximum atomic E-state index is 12.5. The molecule has 148 valence electrons. The van der Waals surface area contributed by atoms with Crippen LogP contribution < -0.4 is 5.32 Å². The molecule has 2 atom stereocenters. The van der Waals surface area contributed by atoms with E-state index in [-0.39, 0.29) is 23.3 Å². The van der Waals surface area contributed by atoms with Gasteiger partial charge in [0.2, 0.25) is 5.91 Å². The molecule has 0 aromatic heterocycles. The minimum atomic E-state index is -2.91. The quantitative estimate of drug-likeness (QED) is 0.766. The van der Waals surface area contributed by atoms with Crippen LogP contribution in [-0.2, 0) is 14.6 Å². The van der Waals surface area contributed by atoms with Crippen molar-refractivity contribution in [1.82, 2.24) is 10.2 Å². The summed E-state index contributed by atoms with van der Waals surface area (Å²) < 4.78 is 23.4. The number of nitrogens with one attached hydrogen (secondary N) is 1. The van der Waals surface area contributed by atoms with Crippen molar-refractivity contribution in [2.24, 2.45) is 16.7 Å². The standard InChI is InChI=1S/C20H34N2O3S/c1-15-10-17(21-18(23)16-11-19(12-16)5-3-6-19)4-9-22(15)13-20(7-8-20)14-26(2,24)25/h15-17H,3-14H2,1-2H3,(H,21,23). The summed E-state index contributed by atoms with van der Waals surface area (Å²) in [6.07, 6.45) is 11.6. The van der Waals surface area contributed by atoms with E-state index in [2.05, 4.69) is 17.1 Å². The summed E-state index contributed by atoms with van der Waals surface area (Å²) in [5.74, 6) is 0.865. The summed E-state index contributed by atoms with van der Waals surface area (Å²) in [5.41, 5.74) is 0.553. The first kappa shape index (κ1) is 18.7. The third-order valence-corrected chi connectivity index (χ3v) is 8.70. The van der Waals surface area contributed by atoms with E-state index >= 15 is 0 Å². The third kappa shape index (κ3) is 3.96. The van der Waals surface area contributed by atoms with Gasteiger partial charge in [-0.05, 0) is 69.1 Å². The number of likely N-dealkylation sites (tertiary alicyclic amines) is 1. The largest absolute Gasteiger partial charge is 0.353 e. The van der Waals surface area contributed by atoms with Gasteiger partial charge in [0, 0.05) is 37.3 Å². The van der Waals surface area contributed by atoms with Crippen LogP contribution in [0.5, 0.6) is 0 Å². The number of hydrogen-bond acceptors (Lipinski definition) is 4. The van der Waals surface area contributed by atoms with Gasteiger partial charge in [-0.15, -0.1) is 0 Å². The van der Waals surface area contributed by atoms with Crippen molar-refractivity contribution in [3.8, 4) is 0 Å². The van der Waals surface area contributed by atoms with E-state index in [0.717, 1.165) is 51.6 Å². The van der Waals surface area contributed by atoms with Crippen molar-refractivity contribution in [3.63, 3.8) is 0 Å². The number of nitrogens with zero attached hydrogens (tertiary/aromatic N) is 1. The smallest absolute Gasteiger partial charge is 0.223 e. The van der Waals surface area contributed by atoms with E-state index in [1.807, 2.05) is 0 Å². The second kappa shape index (κ2) is 6.47. The Morgan fingerprint density at radius 2 is 1.88 bits per heavy atom. The molecule has 4 rings (SSSR count). The normalized spacial score (nSPS) is 33.3. The molecule has 0 radical (unpaired) electrons. The molecule has 6 heteroatoms.